The molecule has 2 atom stereocenters. The average molecular weight is 519 g/mol. The third-order valence-electron chi connectivity index (χ3n) is 5.45. The normalized spacial score (nSPS) is 17.7. The quantitative estimate of drug-likeness (QED) is 0.205. The van der Waals surface area contributed by atoms with Crippen molar-refractivity contribution in [2.24, 2.45) is 0 Å². The molecule has 0 radical (unpaired) electrons. The monoisotopic (exact) mass is 518 g/mol. The van der Waals surface area contributed by atoms with Gasteiger partial charge in [-0.2, -0.15) is 0 Å². The SMILES string of the molecule is c1ccc(C2[O][Ni]([c]3ccccc3)[CH]2P(c2ccccc2)c2ccccc2)cc1.c1ccncc1. The van der Waals surface area contributed by atoms with Gasteiger partial charge in [0, 0.05) is 12.4 Å². The molecule has 0 spiro atoms. The van der Waals surface area contributed by atoms with Crippen LogP contribution in [0.1, 0.15) is 11.7 Å². The summed E-state index contributed by atoms with van der Waals surface area (Å²) in [7, 11) is -0.558. The molecular weight excluding hydrogens is 492 g/mol. The van der Waals surface area contributed by atoms with Gasteiger partial charge in [0.05, 0.1) is 0 Å². The van der Waals surface area contributed by atoms with Crippen LogP contribution < -0.4 is 15.1 Å². The first-order valence-electron chi connectivity index (χ1n) is 11.5. The molecule has 4 aromatic carbocycles. The van der Waals surface area contributed by atoms with E-state index < -0.39 is 21.7 Å². The maximum atomic E-state index is 6.61. The van der Waals surface area contributed by atoms with E-state index in [0.29, 0.717) is 4.63 Å². The summed E-state index contributed by atoms with van der Waals surface area (Å²) >= 11 is -0.398. The zero-order valence-corrected chi connectivity index (χ0v) is 21.1. The fraction of sp³-hybridized carbons (Fsp3) is 0.0645. The minimum Gasteiger partial charge on any atom is -0.265 e. The Morgan fingerprint density at radius 1 is 0.543 bits per heavy atom. The van der Waals surface area contributed by atoms with Gasteiger partial charge in [0.15, 0.2) is 0 Å². The van der Waals surface area contributed by atoms with E-state index in [9.17, 15) is 0 Å². The smallest absolute Gasteiger partial charge is 0.0267 e. The van der Waals surface area contributed by atoms with E-state index in [1.54, 1.807) is 12.4 Å². The maximum absolute atomic E-state index is 6.61. The molecule has 1 fully saturated rings. The minimum atomic E-state index is -0.558. The zero-order chi connectivity index (χ0) is 23.7. The average Bonchev–Trinajstić information content (AvgIpc) is 2.94. The van der Waals surface area contributed by atoms with Crippen LogP contribution in [0, 0.1) is 0 Å². The summed E-state index contributed by atoms with van der Waals surface area (Å²) in [5.74, 6) is 0. The van der Waals surface area contributed by atoms with Crippen molar-refractivity contribution >= 4 is 23.1 Å². The van der Waals surface area contributed by atoms with Crippen LogP contribution in [-0.4, -0.2) is 9.61 Å². The second kappa shape index (κ2) is 12.0. The summed E-state index contributed by atoms with van der Waals surface area (Å²) in [5.41, 5.74) is 1.28. The molecular formula is C31H27NNiOP. The molecule has 4 heteroatoms. The van der Waals surface area contributed by atoms with Crippen LogP contribution in [0.2, 0.25) is 0 Å². The largest absolute Gasteiger partial charge is 0.265 e. The van der Waals surface area contributed by atoms with Gasteiger partial charge in [-0.05, 0) is 12.1 Å². The molecule has 0 N–H and O–H groups in total. The van der Waals surface area contributed by atoms with E-state index in [1.807, 2.05) is 18.2 Å². The van der Waals surface area contributed by atoms with Crippen LogP contribution in [0.25, 0.3) is 0 Å². The van der Waals surface area contributed by atoms with Gasteiger partial charge in [-0.3, -0.25) is 4.98 Å². The summed E-state index contributed by atoms with van der Waals surface area (Å²) in [6.07, 6.45) is 3.62. The molecule has 1 saturated heterocycles. The first-order chi connectivity index (χ1) is 17.4. The standard InChI is InChI=1S/C20H17OP.C6H5.C5H5N.Ni/c21-20(17-10-4-1-5-11-17)16-22(18-12-6-2-7-13-18)19-14-8-3-9-15-19;2*1-2-4-6-5-3-1;/h1-16,20H;2*1-5H;/q-1;;;+1. The summed E-state index contributed by atoms with van der Waals surface area (Å²) in [4.78, 5) is 3.78. The Morgan fingerprint density at radius 2 is 1.00 bits per heavy atom. The van der Waals surface area contributed by atoms with E-state index >= 15 is 0 Å². The van der Waals surface area contributed by atoms with Crippen molar-refractivity contribution in [3.05, 3.63) is 157 Å². The van der Waals surface area contributed by atoms with Crippen LogP contribution in [0.4, 0.5) is 0 Å². The fourth-order valence-electron chi connectivity index (χ4n) is 3.82. The number of rotatable bonds is 5. The summed E-state index contributed by atoms with van der Waals surface area (Å²) in [5, 5.41) is 2.83. The van der Waals surface area contributed by atoms with Gasteiger partial charge in [-0.1, -0.05) is 6.07 Å². The second-order valence-corrected chi connectivity index (χ2v) is 12.6. The van der Waals surface area contributed by atoms with E-state index in [2.05, 4.69) is 126 Å². The Bertz CT molecular complexity index is 1160. The summed E-state index contributed by atoms with van der Waals surface area (Å²) < 4.78 is 8.35. The molecule has 35 heavy (non-hydrogen) atoms. The van der Waals surface area contributed by atoms with Crippen LogP contribution >= 0.6 is 7.92 Å². The van der Waals surface area contributed by atoms with Gasteiger partial charge >= 0.3 is 178 Å². The Hall–Kier alpha value is -3.09. The molecule has 0 bridgehead atoms. The first kappa shape index (κ1) is 23.6. The Labute approximate surface area is 213 Å². The molecule has 1 aliphatic heterocycles. The number of aromatic nitrogens is 1. The van der Waals surface area contributed by atoms with Crippen molar-refractivity contribution in [3.63, 3.8) is 0 Å². The Kier molecular flexibility index (Phi) is 8.14. The van der Waals surface area contributed by atoms with Gasteiger partial charge < -0.3 is 0 Å². The molecule has 0 saturated carbocycles. The topological polar surface area (TPSA) is 22.1 Å². The second-order valence-electron chi connectivity index (χ2n) is 7.80. The molecule has 2 heterocycles. The maximum Gasteiger partial charge on any atom is 0.0267 e. The molecule has 177 valence electrons. The Morgan fingerprint density at radius 3 is 1.46 bits per heavy atom. The molecule has 6 rings (SSSR count). The summed E-state index contributed by atoms with van der Waals surface area (Å²) in [6, 6.07) is 49.2. The van der Waals surface area contributed by atoms with Gasteiger partial charge in [-0.15, -0.1) is 0 Å². The predicted molar refractivity (Wildman–Crippen MR) is 143 cm³/mol. The molecule has 0 aliphatic carbocycles. The number of hydrogen-bond donors (Lipinski definition) is 0. The predicted octanol–water partition coefficient (Wildman–Crippen LogP) is 6.16. The van der Waals surface area contributed by atoms with Gasteiger partial charge in [0.2, 0.25) is 0 Å². The van der Waals surface area contributed by atoms with Crippen molar-refractivity contribution in [2.75, 3.05) is 0 Å². The van der Waals surface area contributed by atoms with Gasteiger partial charge in [0.25, 0.3) is 0 Å². The third kappa shape index (κ3) is 5.77. The van der Waals surface area contributed by atoms with Crippen LogP contribution in [-0.2, 0) is 17.6 Å². The van der Waals surface area contributed by atoms with Crippen LogP contribution in [0.5, 0.6) is 0 Å². The molecule has 2 nitrogen and oxygen atoms in total. The van der Waals surface area contributed by atoms with Crippen molar-refractivity contribution in [1.29, 1.82) is 0 Å². The molecule has 2 unspecified atom stereocenters. The van der Waals surface area contributed by atoms with Crippen LogP contribution in [0.3, 0.4) is 0 Å². The molecule has 0 amide bonds. The van der Waals surface area contributed by atoms with Crippen molar-refractivity contribution < 1.29 is 17.6 Å². The van der Waals surface area contributed by atoms with E-state index in [0.717, 1.165) is 0 Å². The number of pyridine rings is 1. The van der Waals surface area contributed by atoms with E-state index in [1.165, 1.54) is 20.7 Å². The van der Waals surface area contributed by atoms with E-state index in [-0.39, 0.29) is 6.10 Å². The van der Waals surface area contributed by atoms with Crippen molar-refractivity contribution in [2.45, 2.75) is 10.7 Å². The van der Waals surface area contributed by atoms with Crippen molar-refractivity contribution in [3.8, 4) is 0 Å². The zero-order valence-electron chi connectivity index (χ0n) is 19.2. The Balaban J connectivity index is 0.000000371. The number of hydrogen-bond acceptors (Lipinski definition) is 2. The number of benzene rings is 4. The van der Waals surface area contributed by atoms with Crippen LogP contribution in [0.15, 0.2) is 152 Å². The number of nitrogens with zero attached hydrogens (tertiary/aromatic N) is 1. The molecule has 1 aromatic heterocycles. The molecule has 1 aliphatic rings. The van der Waals surface area contributed by atoms with E-state index in [4.69, 9.17) is 3.88 Å². The molecule has 5 aromatic rings. The fourth-order valence-corrected chi connectivity index (χ4v) is 10.5. The first-order valence-corrected chi connectivity index (χ1v) is 14.4. The van der Waals surface area contributed by atoms with Gasteiger partial charge in [0.1, 0.15) is 0 Å². The van der Waals surface area contributed by atoms with Crippen molar-refractivity contribution in [1.82, 2.24) is 4.98 Å². The summed E-state index contributed by atoms with van der Waals surface area (Å²) in [6.45, 7) is 0. The third-order valence-corrected chi connectivity index (χ3v) is 11.5. The van der Waals surface area contributed by atoms with Gasteiger partial charge in [-0.25, -0.2) is 0 Å². The minimum absolute atomic E-state index is 0.123.